The molecule has 0 unspecified atom stereocenters. The fourth-order valence-corrected chi connectivity index (χ4v) is 2.87. The number of rotatable bonds is 10. The van der Waals surface area contributed by atoms with Gasteiger partial charge in [-0.1, -0.05) is 18.2 Å². The van der Waals surface area contributed by atoms with Gasteiger partial charge < -0.3 is 24.9 Å². The molecule has 0 saturated carbocycles. The maximum Gasteiger partial charge on any atom is 0.341 e. The van der Waals surface area contributed by atoms with Gasteiger partial charge in [-0.25, -0.2) is 18.6 Å². The lowest BCUT2D eigenvalue weighted by Gasteiger charge is -2.15. The van der Waals surface area contributed by atoms with Gasteiger partial charge in [0.05, 0.1) is 12.9 Å². The molecule has 2 heterocycles. The van der Waals surface area contributed by atoms with Crippen molar-refractivity contribution in [3.8, 4) is 11.5 Å². The number of aromatic carboxylic acids is 1. The number of nitrogens with one attached hydrogen (secondary N) is 2. The van der Waals surface area contributed by atoms with Crippen molar-refractivity contribution < 1.29 is 27.8 Å². The van der Waals surface area contributed by atoms with Crippen LogP contribution in [0.3, 0.4) is 0 Å². The van der Waals surface area contributed by atoms with Gasteiger partial charge in [0.25, 0.3) is 5.92 Å². The molecule has 3 aromatic rings. The summed E-state index contributed by atoms with van der Waals surface area (Å²) in [6.07, 6.45) is 1.41. The Morgan fingerprint density at radius 2 is 2.03 bits per heavy atom. The van der Waals surface area contributed by atoms with Gasteiger partial charge in [0.15, 0.2) is 5.76 Å². The number of halogens is 2. The maximum absolute atomic E-state index is 13.6. The Hall–Kier alpha value is -3.53. The Labute approximate surface area is 177 Å². The van der Waals surface area contributed by atoms with Crippen molar-refractivity contribution in [1.29, 1.82) is 0 Å². The normalized spacial score (nSPS) is 11.4. The number of furan rings is 1. The number of nitrogens with zero attached hydrogens (tertiary/aromatic N) is 2. The Kier molecular flexibility index (Phi) is 6.81. The van der Waals surface area contributed by atoms with E-state index in [-0.39, 0.29) is 40.9 Å². The summed E-state index contributed by atoms with van der Waals surface area (Å²) >= 11 is 0. The van der Waals surface area contributed by atoms with E-state index in [4.69, 9.17) is 9.15 Å². The Morgan fingerprint density at radius 3 is 2.68 bits per heavy atom. The van der Waals surface area contributed by atoms with Crippen molar-refractivity contribution in [2.75, 3.05) is 30.9 Å². The highest BCUT2D eigenvalue weighted by atomic mass is 19.3. The van der Waals surface area contributed by atoms with Crippen LogP contribution in [0.4, 0.5) is 20.5 Å². The molecule has 0 amide bonds. The van der Waals surface area contributed by atoms with Crippen molar-refractivity contribution in [3.05, 3.63) is 59.4 Å². The summed E-state index contributed by atoms with van der Waals surface area (Å²) in [6, 6.07) is 9.08. The molecule has 3 rings (SSSR count). The second-order valence-corrected chi connectivity index (χ2v) is 6.76. The zero-order valence-electron chi connectivity index (χ0n) is 17.0. The summed E-state index contributed by atoms with van der Waals surface area (Å²) in [7, 11) is 1.55. The Bertz CT molecular complexity index is 1040. The van der Waals surface area contributed by atoms with Crippen molar-refractivity contribution in [2.24, 2.45) is 0 Å². The lowest BCUT2D eigenvalue weighted by atomic mass is 10.1. The molecule has 2 aromatic heterocycles. The van der Waals surface area contributed by atoms with E-state index in [2.05, 4.69) is 20.6 Å². The summed E-state index contributed by atoms with van der Waals surface area (Å²) in [5.41, 5.74) is 0.307. The van der Waals surface area contributed by atoms with Crippen LogP contribution in [-0.4, -0.2) is 41.3 Å². The van der Waals surface area contributed by atoms with E-state index in [9.17, 15) is 18.7 Å². The van der Waals surface area contributed by atoms with E-state index in [1.807, 2.05) is 0 Å². The standard InChI is InChI=1S/C21H22F2N4O4/c1-21(22,23)14-6-3-5-13(11-14)12-25-18-16(19(28)29)17(15-7-4-9-31-15)26-20(27-18)24-8-10-30-2/h3-7,9,11H,8,10,12H2,1-2H3,(H,28,29)(H2,24,25,26,27). The molecule has 0 bridgehead atoms. The van der Waals surface area contributed by atoms with Gasteiger partial charge in [0, 0.05) is 32.7 Å². The highest BCUT2D eigenvalue weighted by molar-refractivity contribution is 5.99. The molecule has 10 heteroatoms. The first-order valence-electron chi connectivity index (χ1n) is 9.42. The van der Waals surface area contributed by atoms with E-state index in [1.54, 1.807) is 25.3 Å². The number of hydrogen-bond donors (Lipinski definition) is 3. The molecule has 3 N–H and O–H groups in total. The lowest BCUT2D eigenvalue weighted by Crippen LogP contribution is -2.16. The fourth-order valence-electron chi connectivity index (χ4n) is 2.87. The number of hydrogen-bond acceptors (Lipinski definition) is 7. The zero-order chi connectivity index (χ0) is 22.4. The Morgan fingerprint density at radius 1 is 1.23 bits per heavy atom. The van der Waals surface area contributed by atoms with Gasteiger partial charge in [0.1, 0.15) is 17.1 Å². The van der Waals surface area contributed by atoms with Gasteiger partial charge >= 0.3 is 5.97 Å². The molecular weight excluding hydrogens is 410 g/mol. The zero-order valence-corrected chi connectivity index (χ0v) is 17.0. The van der Waals surface area contributed by atoms with Crippen LogP contribution in [0.1, 0.15) is 28.4 Å². The number of carboxylic acids is 1. The molecule has 0 fully saturated rings. The molecule has 31 heavy (non-hydrogen) atoms. The van der Waals surface area contributed by atoms with Crippen molar-refractivity contribution >= 4 is 17.7 Å². The molecule has 0 aliphatic heterocycles. The molecule has 0 atom stereocenters. The van der Waals surface area contributed by atoms with Crippen LogP contribution in [0, 0.1) is 0 Å². The third kappa shape index (κ3) is 5.54. The molecule has 0 spiro atoms. The number of carbonyl (C=O) groups is 1. The summed E-state index contributed by atoms with van der Waals surface area (Å²) in [4.78, 5) is 20.5. The molecule has 8 nitrogen and oxygen atoms in total. The van der Waals surface area contributed by atoms with E-state index in [1.165, 1.54) is 24.5 Å². The second kappa shape index (κ2) is 9.52. The Balaban J connectivity index is 1.96. The second-order valence-electron chi connectivity index (χ2n) is 6.76. The number of benzene rings is 1. The van der Waals surface area contributed by atoms with E-state index < -0.39 is 11.9 Å². The summed E-state index contributed by atoms with van der Waals surface area (Å²) in [6.45, 7) is 1.69. The molecule has 164 valence electrons. The monoisotopic (exact) mass is 432 g/mol. The average Bonchev–Trinajstić information content (AvgIpc) is 3.26. The minimum Gasteiger partial charge on any atom is -0.477 e. The third-order valence-electron chi connectivity index (χ3n) is 4.36. The number of methoxy groups -OCH3 is 1. The SMILES string of the molecule is COCCNc1nc(NCc2cccc(C(C)(F)F)c2)c(C(=O)O)c(-c2ccco2)n1. The quantitative estimate of drug-likeness (QED) is 0.409. The van der Waals surface area contributed by atoms with Crippen molar-refractivity contribution in [2.45, 2.75) is 19.4 Å². The van der Waals surface area contributed by atoms with Gasteiger partial charge in [-0.3, -0.25) is 0 Å². The molecular formula is C21H22F2N4O4. The molecule has 0 aliphatic carbocycles. The van der Waals surface area contributed by atoms with E-state index in [0.29, 0.717) is 18.7 Å². The maximum atomic E-state index is 13.6. The highest BCUT2D eigenvalue weighted by Crippen LogP contribution is 2.30. The number of carboxylic acid groups (broad SMARTS) is 1. The number of aromatic nitrogens is 2. The first kappa shape index (κ1) is 22.2. The first-order valence-corrected chi connectivity index (χ1v) is 9.42. The van der Waals surface area contributed by atoms with Gasteiger partial charge in [-0.2, -0.15) is 4.98 Å². The van der Waals surface area contributed by atoms with Gasteiger partial charge in [-0.05, 0) is 23.8 Å². The summed E-state index contributed by atoms with van der Waals surface area (Å²) in [5, 5.41) is 15.7. The van der Waals surface area contributed by atoms with Crippen molar-refractivity contribution in [3.63, 3.8) is 0 Å². The minimum absolute atomic E-state index is 0.0301. The topological polar surface area (TPSA) is 110 Å². The van der Waals surface area contributed by atoms with Crippen LogP contribution >= 0.6 is 0 Å². The molecule has 0 aliphatic rings. The van der Waals surface area contributed by atoms with Crippen LogP contribution in [-0.2, 0) is 17.2 Å². The fraction of sp³-hybridized carbons (Fsp3) is 0.286. The molecule has 0 radical (unpaired) electrons. The largest absolute Gasteiger partial charge is 0.477 e. The van der Waals surface area contributed by atoms with Crippen LogP contribution in [0.15, 0.2) is 47.1 Å². The van der Waals surface area contributed by atoms with Crippen molar-refractivity contribution in [1.82, 2.24) is 9.97 Å². The predicted octanol–water partition coefficient (Wildman–Crippen LogP) is 4.22. The first-order chi connectivity index (χ1) is 14.8. The smallest absolute Gasteiger partial charge is 0.341 e. The highest BCUT2D eigenvalue weighted by Gasteiger charge is 2.25. The molecule has 0 saturated heterocycles. The van der Waals surface area contributed by atoms with Crippen LogP contribution in [0.25, 0.3) is 11.5 Å². The summed E-state index contributed by atoms with van der Waals surface area (Å²) < 4.78 is 37.6. The van der Waals surface area contributed by atoms with E-state index >= 15 is 0 Å². The average molecular weight is 432 g/mol. The minimum atomic E-state index is -2.98. The van der Waals surface area contributed by atoms with Crippen LogP contribution < -0.4 is 10.6 Å². The van der Waals surface area contributed by atoms with Gasteiger partial charge in [0.2, 0.25) is 5.95 Å². The summed E-state index contributed by atoms with van der Waals surface area (Å²) in [5.74, 6) is -3.79. The number of alkyl halides is 2. The predicted molar refractivity (Wildman–Crippen MR) is 110 cm³/mol. The van der Waals surface area contributed by atoms with Crippen LogP contribution in [0.5, 0.6) is 0 Å². The van der Waals surface area contributed by atoms with E-state index in [0.717, 1.165) is 6.92 Å². The third-order valence-corrected chi connectivity index (χ3v) is 4.36. The van der Waals surface area contributed by atoms with Crippen LogP contribution in [0.2, 0.25) is 0 Å². The lowest BCUT2D eigenvalue weighted by molar-refractivity contribution is 0.0174. The van der Waals surface area contributed by atoms with Gasteiger partial charge in [-0.15, -0.1) is 0 Å². The number of ether oxygens (including phenoxy) is 1. The number of anilines is 2. The molecule has 1 aromatic carbocycles.